The number of rotatable bonds is 7. The maximum absolute atomic E-state index is 11.5. The van der Waals surface area contributed by atoms with Gasteiger partial charge in [0.2, 0.25) is 11.8 Å². The van der Waals surface area contributed by atoms with Gasteiger partial charge in [0, 0.05) is 6.42 Å². The van der Waals surface area contributed by atoms with Crippen LogP contribution in [0.15, 0.2) is 0 Å². The highest BCUT2D eigenvalue weighted by Gasteiger charge is 2.29. The van der Waals surface area contributed by atoms with Crippen LogP contribution in [0.25, 0.3) is 0 Å². The molecule has 0 fully saturated rings. The molecule has 0 heterocycles. The van der Waals surface area contributed by atoms with Gasteiger partial charge in [0.1, 0.15) is 11.6 Å². The molecule has 0 unspecified atom stereocenters. The fourth-order valence-electron chi connectivity index (χ4n) is 1.08. The summed E-state index contributed by atoms with van der Waals surface area (Å²) in [6.07, 6.45) is -0.328. The van der Waals surface area contributed by atoms with Gasteiger partial charge in [0.25, 0.3) is 0 Å². The number of carboxylic acids is 1. The Hall–Kier alpha value is -2.32. The van der Waals surface area contributed by atoms with Gasteiger partial charge < -0.3 is 27.2 Å². The molecule has 0 saturated carbocycles. The van der Waals surface area contributed by atoms with E-state index >= 15 is 0 Å². The Morgan fingerprint density at radius 2 is 1.74 bits per heavy atom. The van der Waals surface area contributed by atoms with Crippen molar-refractivity contribution >= 4 is 23.8 Å². The van der Waals surface area contributed by atoms with Crippen molar-refractivity contribution in [2.75, 3.05) is 0 Å². The van der Waals surface area contributed by atoms with Crippen molar-refractivity contribution in [2.24, 2.45) is 11.5 Å². The second-order valence-corrected chi connectivity index (χ2v) is 4.48. The standard InChI is InChI=1S/C10H18N4O5/c1-10(2,8(12)18)14-9(19)13-5(7(16)17)3-4-6(11)15/h5H,3-4H2,1-2H3,(H2,11,15)(H2,12,18)(H,16,17)(H2,13,14,19)/t5-/m1/s1. The first-order chi connectivity index (χ1) is 8.56. The van der Waals surface area contributed by atoms with Crippen LogP contribution in [0, 0.1) is 0 Å². The van der Waals surface area contributed by atoms with Gasteiger partial charge in [-0.2, -0.15) is 0 Å². The van der Waals surface area contributed by atoms with Gasteiger partial charge in [0.05, 0.1) is 0 Å². The van der Waals surface area contributed by atoms with Crippen LogP contribution < -0.4 is 22.1 Å². The lowest BCUT2D eigenvalue weighted by molar-refractivity contribution is -0.139. The van der Waals surface area contributed by atoms with E-state index in [9.17, 15) is 19.2 Å². The summed E-state index contributed by atoms with van der Waals surface area (Å²) in [5, 5.41) is 13.2. The zero-order valence-corrected chi connectivity index (χ0v) is 10.7. The van der Waals surface area contributed by atoms with E-state index in [1.165, 1.54) is 13.8 Å². The summed E-state index contributed by atoms with van der Waals surface area (Å²) in [5.74, 6) is -2.76. The van der Waals surface area contributed by atoms with E-state index in [1.807, 2.05) is 0 Å². The Morgan fingerprint density at radius 3 is 2.11 bits per heavy atom. The molecule has 19 heavy (non-hydrogen) atoms. The van der Waals surface area contributed by atoms with Gasteiger partial charge in [-0.15, -0.1) is 0 Å². The van der Waals surface area contributed by atoms with Gasteiger partial charge in [-0.05, 0) is 20.3 Å². The number of nitrogens with one attached hydrogen (secondary N) is 2. The molecule has 0 radical (unpaired) electrons. The fraction of sp³-hybridized carbons (Fsp3) is 0.600. The third kappa shape index (κ3) is 6.24. The number of hydrogen-bond donors (Lipinski definition) is 5. The van der Waals surface area contributed by atoms with Crippen molar-refractivity contribution in [1.29, 1.82) is 0 Å². The van der Waals surface area contributed by atoms with Crippen LogP contribution in [0.3, 0.4) is 0 Å². The normalized spacial score (nSPS) is 12.3. The Labute approximate surface area is 109 Å². The van der Waals surface area contributed by atoms with Crippen molar-refractivity contribution in [3.63, 3.8) is 0 Å². The first kappa shape index (κ1) is 16.7. The topological polar surface area (TPSA) is 165 Å². The van der Waals surface area contributed by atoms with Gasteiger partial charge in [-0.1, -0.05) is 0 Å². The molecule has 9 nitrogen and oxygen atoms in total. The van der Waals surface area contributed by atoms with Gasteiger partial charge >= 0.3 is 12.0 Å². The van der Waals surface area contributed by atoms with Crippen molar-refractivity contribution in [1.82, 2.24) is 10.6 Å². The Kier molecular flexibility index (Phi) is 5.77. The smallest absolute Gasteiger partial charge is 0.326 e. The molecule has 0 aliphatic heterocycles. The molecule has 4 amide bonds. The molecule has 0 aliphatic rings. The monoisotopic (exact) mass is 274 g/mol. The minimum atomic E-state index is -1.32. The van der Waals surface area contributed by atoms with Crippen LogP contribution in [-0.4, -0.2) is 40.5 Å². The third-order valence-corrected chi connectivity index (χ3v) is 2.32. The average Bonchev–Trinajstić information content (AvgIpc) is 2.22. The van der Waals surface area contributed by atoms with Crippen molar-refractivity contribution in [3.05, 3.63) is 0 Å². The third-order valence-electron chi connectivity index (χ3n) is 2.32. The van der Waals surface area contributed by atoms with Crippen LogP contribution in [0.4, 0.5) is 4.79 Å². The Morgan fingerprint density at radius 1 is 1.21 bits per heavy atom. The number of aliphatic carboxylic acids is 1. The molecule has 9 heteroatoms. The number of primary amides is 2. The van der Waals surface area contributed by atoms with E-state index in [0.717, 1.165) is 0 Å². The zero-order valence-electron chi connectivity index (χ0n) is 10.7. The highest BCUT2D eigenvalue weighted by Crippen LogP contribution is 2.01. The number of amides is 4. The lowest BCUT2D eigenvalue weighted by atomic mass is 10.1. The summed E-state index contributed by atoms with van der Waals surface area (Å²) in [6.45, 7) is 2.74. The molecule has 0 saturated heterocycles. The summed E-state index contributed by atoms with van der Waals surface area (Å²) in [4.78, 5) is 43.9. The molecule has 0 rings (SSSR count). The molecular weight excluding hydrogens is 256 g/mol. The summed E-state index contributed by atoms with van der Waals surface area (Å²) in [5.41, 5.74) is 8.62. The van der Waals surface area contributed by atoms with Crippen molar-refractivity contribution in [3.8, 4) is 0 Å². The molecule has 1 atom stereocenters. The van der Waals surface area contributed by atoms with Crippen molar-refractivity contribution < 1.29 is 24.3 Å². The summed E-state index contributed by atoms with van der Waals surface area (Å²) < 4.78 is 0. The van der Waals surface area contributed by atoms with E-state index in [4.69, 9.17) is 16.6 Å². The lowest BCUT2D eigenvalue weighted by Crippen LogP contribution is -2.58. The predicted molar refractivity (Wildman–Crippen MR) is 64.8 cm³/mol. The second kappa shape index (κ2) is 6.57. The summed E-state index contributed by atoms with van der Waals surface area (Å²) in [7, 11) is 0. The Bertz CT molecular complexity index is 393. The first-order valence-corrected chi connectivity index (χ1v) is 5.46. The number of carbonyl (C=O) groups excluding carboxylic acids is 3. The number of nitrogens with two attached hydrogens (primary N) is 2. The molecule has 108 valence electrons. The number of carbonyl (C=O) groups is 4. The average molecular weight is 274 g/mol. The molecule has 0 bridgehead atoms. The minimum absolute atomic E-state index is 0.144. The highest BCUT2D eigenvalue weighted by molar-refractivity contribution is 5.90. The summed E-state index contributed by atoms with van der Waals surface area (Å²) >= 11 is 0. The molecule has 7 N–H and O–H groups in total. The van der Waals surface area contributed by atoms with E-state index in [1.54, 1.807) is 0 Å². The van der Waals surface area contributed by atoms with E-state index in [2.05, 4.69) is 10.6 Å². The van der Waals surface area contributed by atoms with E-state index < -0.39 is 35.4 Å². The molecule has 0 aliphatic carbocycles. The fourth-order valence-corrected chi connectivity index (χ4v) is 1.08. The number of hydrogen-bond acceptors (Lipinski definition) is 4. The zero-order chi connectivity index (χ0) is 15.2. The minimum Gasteiger partial charge on any atom is -0.480 e. The van der Waals surface area contributed by atoms with Gasteiger partial charge in [0.15, 0.2) is 0 Å². The van der Waals surface area contributed by atoms with Crippen LogP contribution >= 0.6 is 0 Å². The maximum Gasteiger partial charge on any atom is 0.326 e. The Balaban J connectivity index is 4.52. The van der Waals surface area contributed by atoms with Crippen LogP contribution in [0.2, 0.25) is 0 Å². The summed E-state index contributed by atoms with van der Waals surface area (Å²) in [6, 6.07) is -2.16. The second-order valence-electron chi connectivity index (χ2n) is 4.48. The van der Waals surface area contributed by atoms with Crippen LogP contribution in [0.1, 0.15) is 26.7 Å². The lowest BCUT2D eigenvalue weighted by Gasteiger charge is -2.23. The van der Waals surface area contributed by atoms with Crippen LogP contribution in [0.5, 0.6) is 0 Å². The molecular formula is C10H18N4O5. The SMILES string of the molecule is CC(C)(NC(=O)N[C@H](CCC(N)=O)C(=O)O)C(N)=O. The van der Waals surface area contributed by atoms with Crippen molar-refractivity contribution in [2.45, 2.75) is 38.3 Å². The number of urea groups is 1. The molecule has 0 aromatic carbocycles. The largest absolute Gasteiger partial charge is 0.480 e. The molecule has 0 aromatic rings. The number of carboxylic acid groups (broad SMARTS) is 1. The quantitative estimate of drug-likeness (QED) is 0.371. The van der Waals surface area contributed by atoms with E-state index in [-0.39, 0.29) is 12.8 Å². The van der Waals surface area contributed by atoms with Gasteiger partial charge in [-0.3, -0.25) is 9.59 Å². The molecule has 0 aromatic heterocycles. The highest BCUT2D eigenvalue weighted by atomic mass is 16.4. The predicted octanol–water partition coefficient (Wildman–Crippen LogP) is -1.73. The molecule has 0 spiro atoms. The van der Waals surface area contributed by atoms with Gasteiger partial charge in [-0.25, -0.2) is 9.59 Å². The first-order valence-electron chi connectivity index (χ1n) is 5.46. The van der Waals surface area contributed by atoms with Crippen LogP contribution in [-0.2, 0) is 14.4 Å². The van der Waals surface area contributed by atoms with E-state index in [0.29, 0.717) is 0 Å². The maximum atomic E-state index is 11.5.